The molecule has 62 heavy (non-hydrogen) atoms. The number of phosphoric acid groups is 1. The number of hydrogen-bond acceptors (Lipinski definition) is 7. The van der Waals surface area contributed by atoms with Gasteiger partial charge in [0.05, 0.1) is 34.4 Å². The number of nitrogens with zero attached hydrogens (tertiary/aromatic N) is 1. The molecule has 0 radical (unpaired) electrons. The van der Waals surface area contributed by atoms with Crippen LogP contribution in [-0.2, 0) is 27.9 Å². The van der Waals surface area contributed by atoms with Crippen molar-refractivity contribution in [1.82, 2.24) is 0 Å². The number of ether oxygens (including phenoxy) is 2. The van der Waals surface area contributed by atoms with Crippen molar-refractivity contribution in [3.63, 3.8) is 0 Å². The highest BCUT2D eigenvalue weighted by Gasteiger charge is 2.20. The fourth-order valence-corrected chi connectivity index (χ4v) is 8.63. The molecule has 0 amide bonds. The van der Waals surface area contributed by atoms with Gasteiger partial charge in [0.15, 0.2) is 0 Å². The van der Waals surface area contributed by atoms with Crippen LogP contribution in [0.25, 0.3) is 0 Å². The Morgan fingerprint density at radius 1 is 0.484 bits per heavy atom. The zero-order valence-corrected chi connectivity index (χ0v) is 43.0. The summed E-state index contributed by atoms with van der Waals surface area (Å²) in [5.41, 5.74) is 0. The second kappa shape index (κ2) is 46.8. The maximum absolute atomic E-state index is 12.7. The maximum Gasteiger partial charge on any atom is 0.306 e. The lowest BCUT2D eigenvalue weighted by atomic mass is 10.0. The number of likely N-dealkylation sites (N-methyl/N-ethyl adjacent to an activating group) is 1. The van der Waals surface area contributed by atoms with Crippen LogP contribution in [0.4, 0.5) is 0 Å². The average Bonchev–Trinajstić information content (AvgIpc) is 3.23. The van der Waals surface area contributed by atoms with Crippen LogP contribution in [0.2, 0.25) is 0 Å². The van der Waals surface area contributed by atoms with Gasteiger partial charge in [-0.05, 0) is 38.5 Å². The molecule has 0 fully saturated rings. The van der Waals surface area contributed by atoms with Crippen LogP contribution in [-0.4, -0.2) is 70.7 Å². The molecule has 9 heteroatoms. The average molecular weight is 900 g/mol. The Kier molecular flexibility index (Phi) is 46.2. The Bertz CT molecular complexity index is 1000. The second-order valence-corrected chi connectivity index (χ2v) is 21.0. The van der Waals surface area contributed by atoms with E-state index in [2.05, 4.69) is 26.0 Å². The molecule has 0 aromatic carbocycles. The fraction of sp³-hybridized carbons (Fsp3) is 0.943. The van der Waals surface area contributed by atoms with Gasteiger partial charge in [-0.15, -0.1) is 0 Å². The number of hydrogen-bond donors (Lipinski definition) is 0. The minimum Gasteiger partial charge on any atom is -0.756 e. The third-order valence-electron chi connectivity index (χ3n) is 12.1. The molecule has 0 heterocycles. The van der Waals surface area contributed by atoms with Gasteiger partial charge < -0.3 is 27.9 Å². The lowest BCUT2D eigenvalue weighted by Crippen LogP contribution is -2.37. The number of esters is 1. The van der Waals surface area contributed by atoms with Crippen LogP contribution in [0.15, 0.2) is 12.2 Å². The lowest BCUT2D eigenvalue weighted by molar-refractivity contribution is -0.870. The summed E-state index contributed by atoms with van der Waals surface area (Å²) in [5, 5.41) is 0. The van der Waals surface area contributed by atoms with Gasteiger partial charge in [0.1, 0.15) is 19.3 Å². The number of rotatable bonds is 51. The summed E-state index contributed by atoms with van der Waals surface area (Å²) in [4.78, 5) is 25.2. The Morgan fingerprint density at radius 2 is 0.839 bits per heavy atom. The highest BCUT2D eigenvalue weighted by molar-refractivity contribution is 7.45. The van der Waals surface area contributed by atoms with Crippen molar-refractivity contribution in [1.29, 1.82) is 0 Å². The number of carbonyl (C=O) groups is 1. The largest absolute Gasteiger partial charge is 0.756 e. The summed E-state index contributed by atoms with van der Waals surface area (Å²) in [7, 11) is 1.37. The van der Waals surface area contributed by atoms with Gasteiger partial charge in [-0.1, -0.05) is 231 Å². The van der Waals surface area contributed by atoms with Crippen molar-refractivity contribution in [3.05, 3.63) is 12.2 Å². The molecule has 0 spiro atoms. The predicted molar refractivity (Wildman–Crippen MR) is 264 cm³/mol. The Labute approximate surface area is 386 Å². The van der Waals surface area contributed by atoms with Crippen molar-refractivity contribution in [2.75, 3.05) is 54.1 Å². The molecule has 0 aliphatic carbocycles. The smallest absolute Gasteiger partial charge is 0.306 e. The quantitative estimate of drug-likeness (QED) is 0.0197. The van der Waals surface area contributed by atoms with Crippen LogP contribution in [0, 0.1) is 0 Å². The van der Waals surface area contributed by atoms with Gasteiger partial charge in [-0.25, -0.2) is 0 Å². The van der Waals surface area contributed by atoms with E-state index in [4.69, 9.17) is 18.5 Å². The second-order valence-electron chi connectivity index (χ2n) is 19.6. The van der Waals surface area contributed by atoms with Crippen LogP contribution in [0.1, 0.15) is 264 Å². The zero-order chi connectivity index (χ0) is 45.5. The van der Waals surface area contributed by atoms with E-state index in [1.54, 1.807) is 0 Å². The lowest BCUT2D eigenvalue weighted by Gasteiger charge is -2.28. The molecule has 2 unspecified atom stereocenters. The first-order valence-corrected chi connectivity index (χ1v) is 28.4. The van der Waals surface area contributed by atoms with E-state index in [1.807, 2.05) is 21.1 Å². The topological polar surface area (TPSA) is 94.1 Å². The van der Waals surface area contributed by atoms with Crippen LogP contribution in [0.3, 0.4) is 0 Å². The fourth-order valence-electron chi connectivity index (χ4n) is 7.90. The summed E-state index contributed by atoms with van der Waals surface area (Å²) in [6, 6.07) is 0. The molecule has 0 aliphatic rings. The van der Waals surface area contributed by atoms with Crippen molar-refractivity contribution >= 4 is 13.8 Å². The molecule has 0 aliphatic heterocycles. The van der Waals surface area contributed by atoms with Crippen LogP contribution >= 0.6 is 7.82 Å². The number of unbranched alkanes of at least 4 members (excludes halogenated alkanes) is 35. The first kappa shape index (κ1) is 61.2. The number of quaternary nitrogens is 1. The zero-order valence-electron chi connectivity index (χ0n) is 42.1. The number of allylic oxidation sites excluding steroid dienone is 2. The molecule has 0 aromatic rings. The van der Waals surface area contributed by atoms with Gasteiger partial charge in [-0.3, -0.25) is 9.36 Å². The molecule has 0 bridgehead atoms. The molecule has 0 N–H and O–H groups in total. The van der Waals surface area contributed by atoms with E-state index in [9.17, 15) is 14.3 Å². The van der Waals surface area contributed by atoms with Gasteiger partial charge in [0, 0.05) is 13.0 Å². The Hall–Kier alpha value is -0.760. The van der Waals surface area contributed by atoms with Gasteiger partial charge in [0.2, 0.25) is 0 Å². The van der Waals surface area contributed by atoms with E-state index in [0.717, 1.165) is 32.1 Å². The number of carbonyl (C=O) groups excluding carboxylic acids is 1. The van der Waals surface area contributed by atoms with Crippen LogP contribution < -0.4 is 4.89 Å². The summed E-state index contributed by atoms with van der Waals surface area (Å²) >= 11 is 0. The minimum atomic E-state index is -4.53. The highest BCUT2D eigenvalue weighted by Crippen LogP contribution is 2.38. The Balaban J connectivity index is 4.05. The summed E-state index contributed by atoms with van der Waals surface area (Å²) in [6.07, 6.45) is 53.8. The number of phosphoric ester groups is 1. The first-order valence-electron chi connectivity index (χ1n) is 26.9. The van der Waals surface area contributed by atoms with E-state index < -0.39 is 13.9 Å². The van der Waals surface area contributed by atoms with Gasteiger partial charge in [0.25, 0.3) is 7.82 Å². The molecule has 2 atom stereocenters. The van der Waals surface area contributed by atoms with Crippen molar-refractivity contribution in [2.24, 2.45) is 0 Å². The third-order valence-corrected chi connectivity index (χ3v) is 13.0. The SMILES string of the molecule is CCCCCCCC/C=C\CCCCCCCCCC(=O)OC(COCCCCCCCCCCCCCCCCCCCCCCCCC)COP(=O)([O-])OCC[N+](C)(C)C. The molecule has 0 aromatic heterocycles. The van der Waals surface area contributed by atoms with E-state index in [1.165, 1.54) is 212 Å². The van der Waals surface area contributed by atoms with Gasteiger partial charge in [-0.2, -0.15) is 0 Å². The minimum absolute atomic E-state index is 0.0289. The molecular formula is C53H106NO7P. The molecule has 0 rings (SSSR count). The van der Waals surface area contributed by atoms with E-state index in [-0.39, 0.29) is 25.8 Å². The van der Waals surface area contributed by atoms with Gasteiger partial charge >= 0.3 is 5.97 Å². The van der Waals surface area contributed by atoms with Crippen molar-refractivity contribution in [3.8, 4) is 0 Å². The highest BCUT2D eigenvalue weighted by atomic mass is 31.2. The molecular weight excluding hydrogens is 794 g/mol. The Morgan fingerprint density at radius 3 is 1.23 bits per heavy atom. The summed E-state index contributed by atoms with van der Waals surface area (Å²) < 4.78 is 34.8. The monoisotopic (exact) mass is 900 g/mol. The standard InChI is InChI=1S/C53H106NO7P/c1-6-8-10-12-14-16-18-20-22-24-25-26-27-28-29-31-33-35-37-39-41-43-45-48-58-50-52(51-60-62(56,57)59-49-47-54(3,4)5)61-53(55)46-44-42-40-38-36-34-32-30-23-21-19-17-15-13-11-9-7-2/h21,23,52H,6-20,22,24-51H2,1-5H3/b23-21-. The van der Waals surface area contributed by atoms with Crippen LogP contribution in [0.5, 0.6) is 0 Å². The molecule has 8 nitrogen and oxygen atoms in total. The van der Waals surface area contributed by atoms with E-state index in [0.29, 0.717) is 24.1 Å². The molecule has 0 saturated carbocycles. The van der Waals surface area contributed by atoms with Crippen molar-refractivity contribution < 1.29 is 37.3 Å². The summed E-state index contributed by atoms with van der Waals surface area (Å²) in [6.45, 7) is 5.47. The first-order chi connectivity index (χ1) is 30.1. The maximum atomic E-state index is 12.7. The summed E-state index contributed by atoms with van der Waals surface area (Å²) in [5.74, 6) is -0.332. The normalized spacial score (nSPS) is 13.6. The molecule has 0 saturated heterocycles. The van der Waals surface area contributed by atoms with E-state index >= 15 is 0 Å². The molecule has 370 valence electrons. The predicted octanol–water partition coefficient (Wildman–Crippen LogP) is 15.9. The third kappa shape index (κ3) is 50.2. The van der Waals surface area contributed by atoms with Crippen molar-refractivity contribution in [2.45, 2.75) is 270 Å².